The molecule has 0 spiro atoms. The standard InChI is InChI=1S/C17H18N4O4/c1-24-9-16(23)20-11-3-4-12-13(6-15(22)21-14(12)5-11)10-7-18-17(25-2)19-8-10/h3-5,7-8,13H,6,9H2,1-2H3,(H,20,23)(H,21,22)/t13-/m1/s1. The number of carbonyl (C=O) groups excluding carboxylic acids is 2. The number of carbonyl (C=O) groups is 2. The largest absolute Gasteiger partial charge is 0.467 e. The Balaban J connectivity index is 1.89. The van der Waals surface area contributed by atoms with Gasteiger partial charge in [0.15, 0.2) is 0 Å². The molecule has 2 amide bonds. The van der Waals surface area contributed by atoms with Crippen LogP contribution in [0.4, 0.5) is 11.4 Å². The van der Waals surface area contributed by atoms with Gasteiger partial charge in [0.2, 0.25) is 11.8 Å². The highest BCUT2D eigenvalue weighted by atomic mass is 16.5. The van der Waals surface area contributed by atoms with Crippen molar-refractivity contribution in [3.8, 4) is 6.01 Å². The maximum Gasteiger partial charge on any atom is 0.316 e. The lowest BCUT2D eigenvalue weighted by Crippen LogP contribution is -2.24. The van der Waals surface area contributed by atoms with E-state index in [0.29, 0.717) is 17.8 Å². The van der Waals surface area contributed by atoms with Gasteiger partial charge in [0.05, 0.1) is 7.11 Å². The van der Waals surface area contributed by atoms with Gasteiger partial charge in [0, 0.05) is 43.2 Å². The van der Waals surface area contributed by atoms with Gasteiger partial charge in [-0.05, 0) is 23.3 Å². The molecule has 1 aliphatic rings. The molecule has 3 rings (SSSR count). The number of ether oxygens (including phenoxy) is 2. The Bertz CT molecular complexity index is 792. The van der Waals surface area contributed by atoms with Crippen LogP contribution in [-0.2, 0) is 14.3 Å². The normalized spacial score (nSPS) is 15.9. The van der Waals surface area contributed by atoms with Crippen molar-refractivity contribution in [1.29, 1.82) is 0 Å². The summed E-state index contributed by atoms with van der Waals surface area (Å²) in [4.78, 5) is 31.9. The molecule has 25 heavy (non-hydrogen) atoms. The summed E-state index contributed by atoms with van der Waals surface area (Å²) in [6, 6.07) is 5.69. The minimum atomic E-state index is -0.260. The molecule has 0 bridgehead atoms. The molecule has 130 valence electrons. The summed E-state index contributed by atoms with van der Waals surface area (Å²) in [5, 5.41) is 5.56. The van der Waals surface area contributed by atoms with E-state index in [1.165, 1.54) is 14.2 Å². The molecule has 2 N–H and O–H groups in total. The van der Waals surface area contributed by atoms with E-state index in [0.717, 1.165) is 11.1 Å². The van der Waals surface area contributed by atoms with E-state index in [1.807, 2.05) is 6.07 Å². The highest BCUT2D eigenvalue weighted by molar-refractivity contribution is 5.97. The van der Waals surface area contributed by atoms with Crippen molar-refractivity contribution in [2.75, 3.05) is 31.5 Å². The summed E-state index contributed by atoms with van der Waals surface area (Å²) in [6.45, 7) is -0.0325. The minimum Gasteiger partial charge on any atom is -0.467 e. The summed E-state index contributed by atoms with van der Waals surface area (Å²) in [7, 11) is 2.95. The molecule has 2 aromatic rings. The first-order valence-electron chi connectivity index (χ1n) is 7.69. The summed E-state index contributed by atoms with van der Waals surface area (Å²) in [6.07, 6.45) is 3.62. The molecule has 8 nitrogen and oxygen atoms in total. The van der Waals surface area contributed by atoms with Crippen LogP contribution in [0.5, 0.6) is 6.01 Å². The summed E-state index contributed by atoms with van der Waals surface area (Å²) in [5.74, 6) is -0.517. The van der Waals surface area contributed by atoms with E-state index in [4.69, 9.17) is 9.47 Å². The number of benzene rings is 1. The van der Waals surface area contributed by atoms with Gasteiger partial charge in [0.1, 0.15) is 6.61 Å². The van der Waals surface area contributed by atoms with Crippen LogP contribution in [0.25, 0.3) is 0 Å². The fourth-order valence-electron chi connectivity index (χ4n) is 2.78. The Morgan fingerprint density at radius 3 is 2.76 bits per heavy atom. The van der Waals surface area contributed by atoms with Crippen molar-refractivity contribution in [3.63, 3.8) is 0 Å². The van der Waals surface area contributed by atoms with Crippen LogP contribution in [0.3, 0.4) is 0 Å². The van der Waals surface area contributed by atoms with Crippen LogP contribution in [0.2, 0.25) is 0 Å². The second-order valence-corrected chi connectivity index (χ2v) is 5.59. The SMILES string of the molecule is COCC(=O)Nc1ccc2c(c1)NC(=O)C[C@@H]2c1cnc(OC)nc1. The van der Waals surface area contributed by atoms with Crippen molar-refractivity contribution in [2.24, 2.45) is 0 Å². The zero-order chi connectivity index (χ0) is 17.8. The highest BCUT2D eigenvalue weighted by Gasteiger charge is 2.27. The van der Waals surface area contributed by atoms with Crippen LogP contribution in [-0.4, -0.2) is 42.6 Å². The van der Waals surface area contributed by atoms with Crippen molar-refractivity contribution in [2.45, 2.75) is 12.3 Å². The van der Waals surface area contributed by atoms with E-state index >= 15 is 0 Å². The Morgan fingerprint density at radius 1 is 1.32 bits per heavy atom. The third-order valence-electron chi connectivity index (χ3n) is 3.88. The third kappa shape index (κ3) is 3.74. The van der Waals surface area contributed by atoms with Crippen LogP contribution < -0.4 is 15.4 Å². The van der Waals surface area contributed by atoms with Gasteiger partial charge >= 0.3 is 6.01 Å². The number of nitrogens with one attached hydrogen (secondary N) is 2. The van der Waals surface area contributed by atoms with Crippen molar-refractivity contribution in [3.05, 3.63) is 41.7 Å². The number of fused-ring (bicyclic) bond motifs is 1. The minimum absolute atomic E-state index is 0.0325. The first-order valence-corrected chi connectivity index (χ1v) is 7.69. The molecule has 0 radical (unpaired) electrons. The van der Waals surface area contributed by atoms with Gasteiger partial charge in [-0.3, -0.25) is 9.59 Å². The smallest absolute Gasteiger partial charge is 0.316 e. The first kappa shape index (κ1) is 16.8. The second-order valence-electron chi connectivity index (χ2n) is 5.59. The van der Waals surface area contributed by atoms with Gasteiger partial charge in [-0.1, -0.05) is 6.07 Å². The number of nitrogens with zero attached hydrogens (tertiary/aromatic N) is 2. The quantitative estimate of drug-likeness (QED) is 0.854. The lowest BCUT2D eigenvalue weighted by molar-refractivity contribution is -0.119. The lowest BCUT2D eigenvalue weighted by atomic mass is 9.86. The maximum atomic E-state index is 12.1. The van der Waals surface area contributed by atoms with Gasteiger partial charge < -0.3 is 20.1 Å². The third-order valence-corrected chi connectivity index (χ3v) is 3.88. The predicted molar refractivity (Wildman–Crippen MR) is 90.6 cm³/mol. The maximum absolute atomic E-state index is 12.1. The first-order chi connectivity index (χ1) is 12.1. The Hall–Kier alpha value is -3.00. The van der Waals surface area contributed by atoms with Crippen molar-refractivity contribution in [1.82, 2.24) is 9.97 Å². The molecule has 1 aromatic carbocycles. The number of anilines is 2. The summed E-state index contributed by atoms with van der Waals surface area (Å²) in [5.41, 5.74) is 3.02. The van der Waals surface area contributed by atoms with Crippen LogP contribution in [0.15, 0.2) is 30.6 Å². The number of amides is 2. The topological polar surface area (TPSA) is 102 Å². The molecule has 0 fully saturated rings. The number of hydrogen-bond donors (Lipinski definition) is 2. The highest BCUT2D eigenvalue weighted by Crippen LogP contribution is 2.38. The average molecular weight is 342 g/mol. The van der Waals surface area contributed by atoms with Gasteiger partial charge in [-0.25, -0.2) is 9.97 Å². The molecule has 0 saturated heterocycles. The predicted octanol–water partition coefficient (Wildman–Crippen LogP) is 1.54. The van der Waals surface area contributed by atoms with E-state index in [1.54, 1.807) is 24.5 Å². The molecule has 1 aromatic heterocycles. The fraction of sp³-hybridized carbons (Fsp3) is 0.294. The molecule has 8 heteroatoms. The average Bonchev–Trinajstić information content (AvgIpc) is 2.61. The van der Waals surface area contributed by atoms with Gasteiger partial charge in [-0.2, -0.15) is 0 Å². The van der Waals surface area contributed by atoms with Gasteiger partial charge in [-0.15, -0.1) is 0 Å². The Labute approximate surface area is 144 Å². The van der Waals surface area contributed by atoms with Gasteiger partial charge in [0.25, 0.3) is 0 Å². The van der Waals surface area contributed by atoms with Crippen LogP contribution in [0.1, 0.15) is 23.5 Å². The zero-order valence-corrected chi connectivity index (χ0v) is 13.9. The molecular weight excluding hydrogens is 324 g/mol. The summed E-state index contributed by atoms with van der Waals surface area (Å²) < 4.78 is 9.76. The van der Waals surface area contributed by atoms with Crippen LogP contribution >= 0.6 is 0 Å². The molecule has 1 aliphatic heterocycles. The molecule has 1 atom stereocenters. The molecule has 0 aliphatic carbocycles. The van der Waals surface area contributed by atoms with E-state index in [2.05, 4.69) is 20.6 Å². The van der Waals surface area contributed by atoms with E-state index in [9.17, 15) is 9.59 Å². The lowest BCUT2D eigenvalue weighted by Gasteiger charge is -2.26. The van der Waals surface area contributed by atoms with E-state index in [-0.39, 0.29) is 30.3 Å². The number of hydrogen-bond acceptors (Lipinski definition) is 6. The monoisotopic (exact) mass is 342 g/mol. The van der Waals surface area contributed by atoms with Crippen molar-refractivity contribution < 1.29 is 19.1 Å². The zero-order valence-electron chi connectivity index (χ0n) is 13.9. The molecule has 0 unspecified atom stereocenters. The summed E-state index contributed by atoms with van der Waals surface area (Å²) >= 11 is 0. The molecule has 0 saturated carbocycles. The number of aromatic nitrogens is 2. The van der Waals surface area contributed by atoms with Crippen molar-refractivity contribution >= 4 is 23.2 Å². The molecule has 2 heterocycles. The van der Waals surface area contributed by atoms with Crippen LogP contribution in [0, 0.1) is 0 Å². The Morgan fingerprint density at radius 2 is 2.08 bits per heavy atom. The number of rotatable bonds is 5. The number of methoxy groups -OCH3 is 2. The Kier molecular flexibility index (Phi) is 4.90. The van der Waals surface area contributed by atoms with E-state index < -0.39 is 0 Å². The second kappa shape index (κ2) is 7.27. The fourth-order valence-corrected chi connectivity index (χ4v) is 2.78. The molecular formula is C17H18N4O4.